The van der Waals surface area contributed by atoms with Crippen molar-refractivity contribution in [1.82, 2.24) is 4.98 Å². The Morgan fingerprint density at radius 2 is 1.89 bits per heavy atom. The number of H-pyrrole nitrogens is 1. The number of fused-ring (bicyclic) bond motifs is 1. The van der Waals surface area contributed by atoms with Crippen molar-refractivity contribution in [1.29, 1.82) is 0 Å². The Bertz CT molecular complexity index is 779. The lowest BCUT2D eigenvalue weighted by Crippen LogP contribution is -2.01. The number of halogens is 2. The Balaban J connectivity index is 2.13. The zero-order chi connectivity index (χ0) is 13.4. The van der Waals surface area contributed by atoms with Crippen LogP contribution in [-0.2, 0) is 0 Å². The van der Waals surface area contributed by atoms with Gasteiger partial charge in [0.05, 0.1) is 5.02 Å². The number of ketones is 1. The summed E-state index contributed by atoms with van der Waals surface area (Å²) in [5, 5.41) is 0.947. The Morgan fingerprint density at radius 1 is 1.11 bits per heavy atom. The van der Waals surface area contributed by atoms with Crippen LogP contribution in [0.2, 0.25) is 5.02 Å². The highest BCUT2D eigenvalue weighted by atomic mass is 35.5. The van der Waals surface area contributed by atoms with Gasteiger partial charge in [-0.05, 0) is 24.3 Å². The van der Waals surface area contributed by atoms with Gasteiger partial charge in [-0.1, -0.05) is 29.8 Å². The minimum absolute atomic E-state index is 0.121. The highest BCUT2D eigenvalue weighted by molar-refractivity contribution is 6.35. The molecule has 0 unspecified atom stereocenters. The number of nitrogens with one attached hydrogen (secondary N) is 1. The predicted octanol–water partition coefficient (Wildman–Crippen LogP) is 4.19. The molecule has 3 rings (SSSR count). The third-order valence-corrected chi connectivity index (χ3v) is 3.32. The summed E-state index contributed by atoms with van der Waals surface area (Å²) in [4.78, 5) is 15.5. The van der Waals surface area contributed by atoms with Crippen molar-refractivity contribution in [2.24, 2.45) is 0 Å². The smallest absolute Gasteiger partial charge is 0.196 e. The number of rotatable bonds is 2. The van der Waals surface area contributed by atoms with Crippen molar-refractivity contribution in [3.05, 3.63) is 70.6 Å². The van der Waals surface area contributed by atoms with Gasteiger partial charge in [0.1, 0.15) is 5.82 Å². The van der Waals surface area contributed by atoms with Gasteiger partial charge in [0.2, 0.25) is 0 Å². The van der Waals surface area contributed by atoms with Crippen LogP contribution in [0, 0.1) is 5.82 Å². The Kier molecular flexibility index (Phi) is 2.84. The summed E-state index contributed by atoms with van der Waals surface area (Å²) in [6, 6.07) is 11.3. The molecule has 4 heteroatoms. The molecule has 0 radical (unpaired) electrons. The Labute approximate surface area is 113 Å². The molecule has 0 aliphatic carbocycles. The molecule has 1 aromatic heterocycles. The molecule has 2 nitrogen and oxygen atoms in total. The average molecular weight is 274 g/mol. The van der Waals surface area contributed by atoms with E-state index in [9.17, 15) is 9.18 Å². The fourth-order valence-corrected chi connectivity index (χ4v) is 2.33. The van der Waals surface area contributed by atoms with Crippen LogP contribution < -0.4 is 0 Å². The summed E-state index contributed by atoms with van der Waals surface area (Å²) < 4.78 is 13.0. The van der Waals surface area contributed by atoms with Gasteiger partial charge in [-0.3, -0.25) is 4.79 Å². The van der Waals surface area contributed by atoms with E-state index < -0.39 is 5.82 Å². The molecule has 0 spiro atoms. The molecule has 2 aromatic carbocycles. The number of carbonyl (C=O) groups is 1. The van der Waals surface area contributed by atoms with E-state index in [1.807, 2.05) is 24.3 Å². The number of hydrogen-bond donors (Lipinski definition) is 1. The maximum Gasteiger partial charge on any atom is 0.196 e. The molecule has 1 N–H and O–H groups in total. The van der Waals surface area contributed by atoms with E-state index in [-0.39, 0.29) is 10.8 Å². The standard InChI is InChI=1S/C15H9ClFNO/c16-13-7-9(17)5-6-11(13)15(19)12-8-18-14-4-2-1-3-10(12)14/h1-8,18H. The minimum atomic E-state index is -0.458. The van der Waals surface area contributed by atoms with Gasteiger partial charge < -0.3 is 4.98 Å². The maximum atomic E-state index is 13.0. The van der Waals surface area contributed by atoms with Crippen LogP contribution >= 0.6 is 11.6 Å². The molecule has 0 aliphatic heterocycles. The second-order valence-electron chi connectivity index (χ2n) is 4.20. The number of hydrogen-bond acceptors (Lipinski definition) is 1. The van der Waals surface area contributed by atoms with Crippen LogP contribution in [0.3, 0.4) is 0 Å². The van der Waals surface area contributed by atoms with E-state index in [0.29, 0.717) is 11.1 Å². The quantitative estimate of drug-likeness (QED) is 0.698. The van der Waals surface area contributed by atoms with Gasteiger partial charge in [0, 0.05) is 28.2 Å². The van der Waals surface area contributed by atoms with Crippen LogP contribution in [0.1, 0.15) is 15.9 Å². The lowest BCUT2D eigenvalue weighted by atomic mass is 10.0. The molecule has 94 valence electrons. The third kappa shape index (κ3) is 2.02. The van der Waals surface area contributed by atoms with E-state index in [0.717, 1.165) is 17.0 Å². The van der Waals surface area contributed by atoms with Crippen LogP contribution in [0.25, 0.3) is 10.9 Å². The summed E-state index contributed by atoms with van der Waals surface area (Å²) in [7, 11) is 0. The summed E-state index contributed by atoms with van der Waals surface area (Å²) >= 11 is 5.92. The molecule has 0 atom stereocenters. The number of para-hydroxylation sites is 1. The summed E-state index contributed by atoms with van der Waals surface area (Å²) in [5.74, 6) is -0.678. The fraction of sp³-hybridized carbons (Fsp3) is 0. The first-order valence-electron chi connectivity index (χ1n) is 5.72. The number of aromatic amines is 1. The van der Waals surface area contributed by atoms with Crippen molar-refractivity contribution >= 4 is 28.3 Å². The highest BCUT2D eigenvalue weighted by Crippen LogP contribution is 2.25. The lowest BCUT2D eigenvalue weighted by molar-refractivity contribution is 0.104. The molecule has 0 fully saturated rings. The molecule has 3 aromatic rings. The van der Waals surface area contributed by atoms with Crippen molar-refractivity contribution in [2.75, 3.05) is 0 Å². The summed E-state index contributed by atoms with van der Waals surface area (Å²) in [6.45, 7) is 0. The van der Waals surface area contributed by atoms with Crippen LogP contribution in [0.4, 0.5) is 4.39 Å². The van der Waals surface area contributed by atoms with Crippen LogP contribution in [-0.4, -0.2) is 10.8 Å². The first-order valence-corrected chi connectivity index (χ1v) is 6.10. The first kappa shape index (κ1) is 11.9. The number of aromatic nitrogens is 1. The Hall–Kier alpha value is -2.13. The van der Waals surface area contributed by atoms with Gasteiger partial charge >= 0.3 is 0 Å². The number of benzene rings is 2. The van der Waals surface area contributed by atoms with Gasteiger partial charge in [-0.2, -0.15) is 0 Å². The van der Waals surface area contributed by atoms with E-state index in [1.165, 1.54) is 12.1 Å². The molecule has 0 aliphatic rings. The van der Waals surface area contributed by atoms with E-state index in [1.54, 1.807) is 6.20 Å². The zero-order valence-corrected chi connectivity index (χ0v) is 10.5. The second kappa shape index (κ2) is 4.52. The molecule has 0 bridgehead atoms. The average Bonchev–Trinajstić information content (AvgIpc) is 2.82. The van der Waals surface area contributed by atoms with E-state index in [2.05, 4.69) is 4.98 Å². The zero-order valence-electron chi connectivity index (χ0n) is 9.78. The first-order chi connectivity index (χ1) is 9.16. The second-order valence-corrected chi connectivity index (χ2v) is 4.61. The fourth-order valence-electron chi connectivity index (χ4n) is 2.08. The van der Waals surface area contributed by atoms with E-state index in [4.69, 9.17) is 11.6 Å². The lowest BCUT2D eigenvalue weighted by Gasteiger charge is -2.02. The Morgan fingerprint density at radius 3 is 2.68 bits per heavy atom. The topological polar surface area (TPSA) is 32.9 Å². The summed E-state index contributed by atoms with van der Waals surface area (Å²) in [6.07, 6.45) is 1.65. The molecular formula is C15H9ClFNO. The van der Waals surface area contributed by atoms with Crippen molar-refractivity contribution in [2.45, 2.75) is 0 Å². The molecular weight excluding hydrogens is 265 g/mol. The molecule has 1 heterocycles. The maximum absolute atomic E-state index is 13.0. The van der Waals surface area contributed by atoms with Gasteiger partial charge in [0.15, 0.2) is 5.78 Å². The number of carbonyl (C=O) groups excluding carboxylic acids is 1. The SMILES string of the molecule is O=C(c1ccc(F)cc1Cl)c1c[nH]c2ccccc12. The van der Waals surface area contributed by atoms with Gasteiger partial charge in [0.25, 0.3) is 0 Å². The van der Waals surface area contributed by atoms with Crippen LogP contribution in [0.5, 0.6) is 0 Å². The normalized spacial score (nSPS) is 10.8. The molecule has 19 heavy (non-hydrogen) atoms. The van der Waals surface area contributed by atoms with Crippen molar-refractivity contribution in [3.63, 3.8) is 0 Å². The van der Waals surface area contributed by atoms with Gasteiger partial charge in [-0.25, -0.2) is 4.39 Å². The van der Waals surface area contributed by atoms with E-state index >= 15 is 0 Å². The van der Waals surface area contributed by atoms with Gasteiger partial charge in [-0.15, -0.1) is 0 Å². The molecule has 0 amide bonds. The largest absolute Gasteiger partial charge is 0.360 e. The van der Waals surface area contributed by atoms with Crippen LogP contribution in [0.15, 0.2) is 48.7 Å². The predicted molar refractivity (Wildman–Crippen MR) is 73.1 cm³/mol. The molecule has 0 saturated heterocycles. The minimum Gasteiger partial charge on any atom is -0.360 e. The van der Waals surface area contributed by atoms with Crippen molar-refractivity contribution in [3.8, 4) is 0 Å². The highest BCUT2D eigenvalue weighted by Gasteiger charge is 2.16. The third-order valence-electron chi connectivity index (χ3n) is 3.01. The monoisotopic (exact) mass is 273 g/mol. The summed E-state index contributed by atoms with van der Waals surface area (Å²) in [5.41, 5.74) is 1.71. The molecule has 0 saturated carbocycles. The van der Waals surface area contributed by atoms with Crippen molar-refractivity contribution < 1.29 is 9.18 Å².